The number of hydrogen-bond donors (Lipinski definition) is 0. The van der Waals surface area contributed by atoms with Gasteiger partial charge >= 0.3 is 0 Å². The summed E-state index contributed by atoms with van der Waals surface area (Å²) in [6.07, 6.45) is 3.73. The summed E-state index contributed by atoms with van der Waals surface area (Å²) in [6.45, 7) is 5.02. The lowest BCUT2D eigenvalue weighted by atomic mass is 9.89. The van der Waals surface area contributed by atoms with Crippen molar-refractivity contribution in [2.45, 2.75) is 25.4 Å². The minimum Gasteiger partial charge on any atom is -0.0768 e. The minimum absolute atomic E-state index is 0.485. The third kappa shape index (κ3) is 1.35. The van der Waals surface area contributed by atoms with E-state index in [1.807, 2.05) is 0 Å². The van der Waals surface area contributed by atoms with Crippen LogP contribution < -0.4 is 0 Å². The molecular formula is C20H18Si. The predicted octanol–water partition coefficient (Wildman–Crippen LogP) is 5.23. The summed E-state index contributed by atoms with van der Waals surface area (Å²) < 4.78 is 0. The quantitative estimate of drug-likeness (QED) is 0.630. The molecule has 1 aliphatic heterocycles. The molecule has 21 heavy (non-hydrogen) atoms. The van der Waals surface area contributed by atoms with Crippen LogP contribution in [0, 0.1) is 0 Å². The lowest BCUT2D eigenvalue weighted by molar-refractivity contribution is 1.01. The van der Waals surface area contributed by atoms with Crippen LogP contribution in [0.4, 0.5) is 0 Å². The first-order chi connectivity index (χ1) is 10.2. The lowest BCUT2D eigenvalue weighted by Crippen LogP contribution is -2.16. The van der Waals surface area contributed by atoms with Gasteiger partial charge in [0.1, 0.15) is 8.07 Å². The molecule has 3 aliphatic rings. The largest absolute Gasteiger partial charge is 0.107 e. The Bertz CT molecular complexity index is 806. The highest BCUT2D eigenvalue weighted by Gasteiger charge is 2.52. The van der Waals surface area contributed by atoms with E-state index >= 15 is 0 Å². The smallest absolute Gasteiger partial charge is 0.0768 e. The van der Waals surface area contributed by atoms with E-state index in [0.717, 1.165) is 0 Å². The SMILES string of the molecule is C[Si]1(C)C2=C1C(C1c3ccccc3-c3ccccc31)=CC2. The zero-order chi connectivity index (χ0) is 14.2. The van der Waals surface area contributed by atoms with Gasteiger partial charge in [-0.25, -0.2) is 0 Å². The van der Waals surface area contributed by atoms with Crippen molar-refractivity contribution in [2.24, 2.45) is 0 Å². The van der Waals surface area contributed by atoms with Gasteiger partial charge in [0, 0.05) is 5.92 Å². The number of rotatable bonds is 1. The van der Waals surface area contributed by atoms with Crippen LogP contribution in [0.25, 0.3) is 11.1 Å². The Balaban J connectivity index is 1.73. The van der Waals surface area contributed by atoms with Gasteiger partial charge in [-0.1, -0.05) is 78.1 Å². The number of fused-ring (bicyclic) bond motifs is 3. The van der Waals surface area contributed by atoms with Gasteiger partial charge in [0.15, 0.2) is 0 Å². The van der Waals surface area contributed by atoms with Crippen LogP contribution in [0.2, 0.25) is 13.1 Å². The molecule has 0 bridgehead atoms. The van der Waals surface area contributed by atoms with E-state index in [1.54, 1.807) is 16.0 Å². The molecule has 1 heteroatoms. The fourth-order valence-corrected chi connectivity index (χ4v) is 8.18. The van der Waals surface area contributed by atoms with E-state index in [-0.39, 0.29) is 0 Å². The van der Waals surface area contributed by atoms with E-state index in [0.29, 0.717) is 5.92 Å². The van der Waals surface area contributed by atoms with Gasteiger partial charge < -0.3 is 0 Å². The van der Waals surface area contributed by atoms with Crippen LogP contribution in [0.1, 0.15) is 23.5 Å². The van der Waals surface area contributed by atoms with Gasteiger partial charge in [-0.05, 0) is 34.2 Å². The molecule has 0 fully saturated rings. The molecule has 0 nitrogen and oxygen atoms in total. The van der Waals surface area contributed by atoms with Crippen molar-refractivity contribution in [3.63, 3.8) is 0 Å². The third-order valence-corrected chi connectivity index (χ3v) is 9.13. The van der Waals surface area contributed by atoms with E-state index in [1.165, 1.54) is 28.7 Å². The fourth-order valence-electron chi connectivity index (χ4n) is 4.51. The minimum atomic E-state index is -1.12. The Hall–Kier alpha value is -1.86. The van der Waals surface area contributed by atoms with Gasteiger partial charge in [-0.2, -0.15) is 0 Å². The maximum atomic E-state index is 2.51. The van der Waals surface area contributed by atoms with Crippen LogP contribution >= 0.6 is 0 Å². The highest BCUT2D eigenvalue weighted by molar-refractivity contribution is 7.02. The second kappa shape index (κ2) is 3.66. The number of allylic oxidation sites excluding steroid dienone is 4. The first kappa shape index (κ1) is 11.8. The fraction of sp³-hybridized carbons (Fsp3) is 0.200. The molecule has 2 aromatic rings. The first-order valence-electron chi connectivity index (χ1n) is 7.82. The van der Waals surface area contributed by atoms with Crippen molar-refractivity contribution in [1.82, 2.24) is 0 Å². The molecular weight excluding hydrogens is 268 g/mol. The molecule has 1 heterocycles. The summed E-state index contributed by atoms with van der Waals surface area (Å²) in [4.78, 5) is 0. The standard InChI is InChI=1S/C20H18Si/c1-21(2)18-12-11-17(20(18)21)19-15-9-5-3-7-13(15)14-8-4-6-10-16(14)19/h3-11,19H,12H2,1-2H3. The molecule has 0 saturated carbocycles. The second-order valence-electron chi connectivity index (χ2n) is 6.95. The molecule has 0 aromatic heterocycles. The average molecular weight is 286 g/mol. The molecule has 0 N–H and O–H groups in total. The summed E-state index contributed by atoms with van der Waals surface area (Å²) in [7, 11) is -1.12. The molecule has 0 unspecified atom stereocenters. The summed E-state index contributed by atoms with van der Waals surface area (Å²) in [5.41, 5.74) is 7.53. The van der Waals surface area contributed by atoms with Crippen LogP contribution in [-0.4, -0.2) is 8.07 Å². The normalized spacial score (nSPS) is 21.0. The summed E-state index contributed by atoms with van der Waals surface area (Å²) in [5.74, 6) is 0.485. The number of hydrogen-bond acceptors (Lipinski definition) is 0. The highest BCUT2D eigenvalue weighted by Crippen LogP contribution is 2.60. The van der Waals surface area contributed by atoms with E-state index in [4.69, 9.17) is 0 Å². The highest BCUT2D eigenvalue weighted by atomic mass is 28.3. The monoisotopic (exact) mass is 286 g/mol. The second-order valence-corrected chi connectivity index (χ2v) is 11.3. The van der Waals surface area contributed by atoms with Gasteiger partial charge in [0.2, 0.25) is 0 Å². The van der Waals surface area contributed by atoms with Crippen LogP contribution in [0.5, 0.6) is 0 Å². The van der Waals surface area contributed by atoms with E-state index in [9.17, 15) is 0 Å². The Morgan fingerprint density at radius 3 is 1.95 bits per heavy atom. The van der Waals surface area contributed by atoms with Crippen LogP contribution in [-0.2, 0) is 0 Å². The summed E-state index contributed by atoms with van der Waals surface area (Å²) in [5, 5.41) is 3.58. The third-order valence-electron chi connectivity index (χ3n) is 5.58. The van der Waals surface area contributed by atoms with Crippen molar-refractivity contribution in [1.29, 1.82) is 0 Å². The van der Waals surface area contributed by atoms with E-state index in [2.05, 4.69) is 67.7 Å². The lowest BCUT2D eigenvalue weighted by Gasteiger charge is -2.19. The van der Waals surface area contributed by atoms with Crippen molar-refractivity contribution in [2.75, 3.05) is 0 Å². The van der Waals surface area contributed by atoms with Crippen molar-refractivity contribution in [3.8, 4) is 11.1 Å². The van der Waals surface area contributed by atoms with Crippen molar-refractivity contribution < 1.29 is 0 Å². The maximum absolute atomic E-state index is 2.51. The maximum Gasteiger partial charge on any atom is 0.107 e. The first-order valence-corrected chi connectivity index (χ1v) is 10.8. The Morgan fingerprint density at radius 1 is 0.857 bits per heavy atom. The van der Waals surface area contributed by atoms with Gasteiger partial charge in [0.25, 0.3) is 0 Å². The van der Waals surface area contributed by atoms with E-state index < -0.39 is 8.07 Å². The van der Waals surface area contributed by atoms with Gasteiger partial charge in [0.05, 0.1) is 0 Å². The van der Waals surface area contributed by atoms with Crippen LogP contribution in [0.15, 0.2) is 70.6 Å². The zero-order valence-corrected chi connectivity index (χ0v) is 13.5. The van der Waals surface area contributed by atoms with Crippen molar-refractivity contribution >= 4 is 8.07 Å². The van der Waals surface area contributed by atoms with Gasteiger partial charge in [-0.3, -0.25) is 0 Å². The molecule has 0 amide bonds. The summed E-state index contributed by atoms with van der Waals surface area (Å²) in [6, 6.07) is 18.0. The topological polar surface area (TPSA) is 0 Å². The number of benzene rings is 2. The van der Waals surface area contributed by atoms with Crippen LogP contribution in [0.3, 0.4) is 0 Å². The Kier molecular flexibility index (Phi) is 2.05. The molecule has 2 aliphatic carbocycles. The Morgan fingerprint density at radius 2 is 1.43 bits per heavy atom. The molecule has 0 radical (unpaired) electrons. The Labute approximate surface area is 126 Å². The summed E-state index contributed by atoms with van der Waals surface area (Å²) >= 11 is 0. The molecule has 2 aromatic carbocycles. The average Bonchev–Trinajstić information content (AvgIpc) is 2.87. The zero-order valence-electron chi connectivity index (χ0n) is 12.5. The van der Waals surface area contributed by atoms with Gasteiger partial charge in [-0.15, -0.1) is 0 Å². The molecule has 102 valence electrons. The molecule has 5 rings (SSSR count). The van der Waals surface area contributed by atoms with Crippen molar-refractivity contribution in [3.05, 3.63) is 81.7 Å². The molecule has 0 saturated heterocycles. The molecule has 0 spiro atoms. The molecule has 0 atom stereocenters. The predicted molar refractivity (Wildman–Crippen MR) is 90.9 cm³/mol.